The molecule has 1 aromatic rings. The van der Waals surface area contributed by atoms with E-state index in [1.165, 1.54) is 5.56 Å². The average Bonchev–Trinajstić information content (AvgIpc) is 2.56. The predicted octanol–water partition coefficient (Wildman–Crippen LogP) is 6.04. The Kier molecular flexibility index (Phi) is 8.03. The maximum atomic E-state index is 6.07. The quantitative estimate of drug-likeness (QED) is 0.467. The van der Waals surface area contributed by atoms with Crippen molar-refractivity contribution in [3.63, 3.8) is 0 Å². The Morgan fingerprint density at radius 1 is 1.38 bits per heavy atom. The van der Waals surface area contributed by atoms with Gasteiger partial charge in [0.1, 0.15) is 11.6 Å². The Hall–Kier alpha value is -2.29. The molecular formula is C21H30N2O. The molecular weight excluding hydrogens is 296 g/mol. The van der Waals surface area contributed by atoms with Gasteiger partial charge < -0.3 is 10.1 Å². The van der Waals surface area contributed by atoms with Gasteiger partial charge in [0.25, 0.3) is 0 Å². The fourth-order valence-corrected chi connectivity index (χ4v) is 2.09. The maximum absolute atomic E-state index is 6.07. The van der Waals surface area contributed by atoms with E-state index in [0.29, 0.717) is 0 Å². The predicted molar refractivity (Wildman–Crippen MR) is 106 cm³/mol. The molecule has 0 radical (unpaired) electrons. The zero-order chi connectivity index (χ0) is 18.1. The molecule has 130 valence electrons. The summed E-state index contributed by atoms with van der Waals surface area (Å²) in [5.74, 6) is 1.62. The third-order valence-electron chi connectivity index (χ3n) is 3.76. The summed E-state index contributed by atoms with van der Waals surface area (Å²) in [5, 5.41) is 3.41. The number of hydrogen-bond donors (Lipinski definition) is 1. The molecule has 0 amide bonds. The van der Waals surface area contributed by atoms with E-state index in [9.17, 15) is 0 Å². The summed E-state index contributed by atoms with van der Waals surface area (Å²) in [7, 11) is 0. The van der Waals surface area contributed by atoms with Crippen molar-refractivity contribution in [1.29, 1.82) is 0 Å². The smallest absolute Gasteiger partial charge is 0.143 e. The number of aliphatic imine (C=N–C) groups is 1. The van der Waals surface area contributed by atoms with Crippen LogP contribution in [-0.2, 0) is 0 Å². The zero-order valence-electron chi connectivity index (χ0n) is 15.8. The normalized spacial score (nSPS) is 13.9. The van der Waals surface area contributed by atoms with E-state index in [0.717, 1.165) is 34.8 Å². The molecule has 1 aromatic carbocycles. The van der Waals surface area contributed by atoms with E-state index in [1.807, 2.05) is 39.0 Å². The third kappa shape index (κ3) is 5.73. The second kappa shape index (κ2) is 9.76. The molecule has 0 bridgehead atoms. The number of rotatable bonds is 8. The summed E-state index contributed by atoms with van der Waals surface area (Å²) in [6, 6.07) is 6.15. The number of nitrogens with zero attached hydrogens (tertiary/aromatic N) is 1. The number of anilines is 1. The van der Waals surface area contributed by atoms with Crippen molar-refractivity contribution in [3.05, 3.63) is 59.5 Å². The van der Waals surface area contributed by atoms with Gasteiger partial charge in [-0.3, -0.25) is 0 Å². The topological polar surface area (TPSA) is 33.6 Å². The molecule has 0 aliphatic carbocycles. The van der Waals surface area contributed by atoms with Crippen molar-refractivity contribution in [3.8, 4) is 5.75 Å². The van der Waals surface area contributed by atoms with Crippen LogP contribution in [0.2, 0.25) is 0 Å². The van der Waals surface area contributed by atoms with Gasteiger partial charge in [0.15, 0.2) is 0 Å². The maximum Gasteiger partial charge on any atom is 0.143 e. The highest BCUT2D eigenvalue weighted by Crippen LogP contribution is 2.30. The summed E-state index contributed by atoms with van der Waals surface area (Å²) in [5.41, 5.74) is 4.01. The van der Waals surface area contributed by atoms with Gasteiger partial charge in [-0.1, -0.05) is 31.7 Å². The molecule has 3 heteroatoms. The van der Waals surface area contributed by atoms with Gasteiger partial charge in [0.2, 0.25) is 0 Å². The highest BCUT2D eigenvalue weighted by atomic mass is 16.5. The number of ether oxygens (including phenoxy) is 1. The van der Waals surface area contributed by atoms with Crippen molar-refractivity contribution in [1.82, 2.24) is 0 Å². The molecule has 0 spiro atoms. The third-order valence-corrected chi connectivity index (χ3v) is 3.76. The monoisotopic (exact) mass is 326 g/mol. The standard InChI is InChI=1S/C21H30N2O/c1-8-11-16(5)18(7)21(22-10-3)23-19-13-12-15(4)14-20(19)24-17(6)9-2/h8,10-14,17,23H,5,9H2,1-4,6-7H3/b11-8-,21-18+,22-10-. The number of allylic oxidation sites excluding steroid dienone is 4. The van der Waals surface area contributed by atoms with Gasteiger partial charge in [-0.05, 0) is 69.9 Å². The van der Waals surface area contributed by atoms with Crippen LogP contribution in [0.25, 0.3) is 0 Å². The average molecular weight is 326 g/mol. The van der Waals surface area contributed by atoms with Crippen LogP contribution in [-0.4, -0.2) is 12.3 Å². The first-order valence-corrected chi connectivity index (χ1v) is 8.48. The summed E-state index contributed by atoms with van der Waals surface area (Å²) in [6.07, 6.45) is 6.85. The minimum atomic E-state index is 0.161. The van der Waals surface area contributed by atoms with Crippen LogP contribution in [0.15, 0.2) is 58.9 Å². The molecule has 0 aliphatic rings. The first kappa shape index (κ1) is 19.8. The van der Waals surface area contributed by atoms with Gasteiger partial charge in [-0.15, -0.1) is 0 Å². The van der Waals surface area contributed by atoms with E-state index in [2.05, 4.69) is 49.8 Å². The van der Waals surface area contributed by atoms with E-state index in [4.69, 9.17) is 4.74 Å². The lowest BCUT2D eigenvalue weighted by molar-refractivity contribution is 0.218. The van der Waals surface area contributed by atoms with Crippen LogP contribution in [0.4, 0.5) is 5.69 Å². The molecule has 0 saturated heterocycles. The molecule has 1 atom stereocenters. The number of hydrogen-bond acceptors (Lipinski definition) is 3. The van der Waals surface area contributed by atoms with Crippen LogP contribution >= 0.6 is 0 Å². The SMILES string of the molecule is C=C(/C=C\C)/C(C)=C(\N=C/C)Nc1ccc(C)cc1OC(C)CC. The molecule has 0 aliphatic heterocycles. The number of nitrogens with one attached hydrogen (secondary N) is 1. The van der Waals surface area contributed by atoms with Gasteiger partial charge in [0.05, 0.1) is 11.8 Å². The number of aryl methyl sites for hydroxylation is 1. The molecule has 24 heavy (non-hydrogen) atoms. The Bertz CT molecular complexity index is 654. The Morgan fingerprint density at radius 2 is 2.08 bits per heavy atom. The summed E-state index contributed by atoms with van der Waals surface area (Å²) in [6.45, 7) is 16.2. The molecule has 3 nitrogen and oxygen atoms in total. The minimum Gasteiger partial charge on any atom is -0.489 e. The van der Waals surface area contributed by atoms with Crippen molar-refractivity contribution in [2.45, 2.75) is 54.1 Å². The highest BCUT2D eigenvalue weighted by Gasteiger charge is 2.11. The lowest BCUT2D eigenvalue weighted by Gasteiger charge is -2.19. The fraction of sp³-hybridized carbons (Fsp3) is 0.381. The summed E-state index contributed by atoms with van der Waals surface area (Å²) in [4.78, 5) is 4.48. The van der Waals surface area contributed by atoms with Gasteiger partial charge in [0, 0.05) is 6.21 Å². The van der Waals surface area contributed by atoms with Crippen molar-refractivity contribution >= 4 is 11.9 Å². The number of benzene rings is 1. The van der Waals surface area contributed by atoms with E-state index < -0.39 is 0 Å². The molecule has 1 rings (SSSR count). The van der Waals surface area contributed by atoms with Crippen LogP contribution < -0.4 is 10.1 Å². The van der Waals surface area contributed by atoms with Gasteiger partial charge in [-0.2, -0.15) is 0 Å². The lowest BCUT2D eigenvalue weighted by Crippen LogP contribution is -2.12. The Labute approximate surface area is 146 Å². The second-order valence-electron chi connectivity index (χ2n) is 5.85. The molecule has 1 unspecified atom stereocenters. The van der Waals surface area contributed by atoms with E-state index >= 15 is 0 Å². The van der Waals surface area contributed by atoms with Crippen LogP contribution in [0, 0.1) is 6.92 Å². The summed E-state index contributed by atoms with van der Waals surface area (Å²) < 4.78 is 6.07. The zero-order valence-corrected chi connectivity index (χ0v) is 15.8. The fourth-order valence-electron chi connectivity index (χ4n) is 2.09. The van der Waals surface area contributed by atoms with Gasteiger partial charge in [-0.25, -0.2) is 4.99 Å². The van der Waals surface area contributed by atoms with E-state index in [1.54, 1.807) is 6.21 Å². The van der Waals surface area contributed by atoms with Gasteiger partial charge >= 0.3 is 0 Å². The van der Waals surface area contributed by atoms with Crippen molar-refractivity contribution < 1.29 is 4.74 Å². The van der Waals surface area contributed by atoms with Crippen molar-refractivity contribution in [2.24, 2.45) is 4.99 Å². The molecule has 0 saturated carbocycles. The van der Waals surface area contributed by atoms with Crippen molar-refractivity contribution in [2.75, 3.05) is 5.32 Å². The van der Waals surface area contributed by atoms with Crippen LogP contribution in [0.5, 0.6) is 5.75 Å². The first-order chi connectivity index (χ1) is 11.4. The molecule has 0 aromatic heterocycles. The first-order valence-electron chi connectivity index (χ1n) is 8.48. The summed E-state index contributed by atoms with van der Waals surface area (Å²) >= 11 is 0. The second-order valence-corrected chi connectivity index (χ2v) is 5.85. The van der Waals surface area contributed by atoms with Crippen LogP contribution in [0.1, 0.15) is 46.6 Å². The molecule has 1 N–H and O–H groups in total. The Morgan fingerprint density at radius 3 is 2.67 bits per heavy atom. The minimum absolute atomic E-state index is 0.161. The largest absolute Gasteiger partial charge is 0.489 e. The Balaban J connectivity index is 3.24. The molecule has 0 heterocycles. The van der Waals surface area contributed by atoms with E-state index in [-0.39, 0.29) is 6.10 Å². The van der Waals surface area contributed by atoms with Crippen LogP contribution in [0.3, 0.4) is 0 Å². The lowest BCUT2D eigenvalue weighted by atomic mass is 10.1. The highest BCUT2D eigenvalue weighted by molar-refractivity contribution is 5.64. The molecule has 0 fully saturated rings.